The number of aromatic amines is 1. The van der Waals surface area contributed by atoms with Gasteiger partial charge in [-0.25, -0.2) is 14.3 Å². The number of benzene rings is 2. The molecule has 1 aliphatic rings. The number of nitrogens with zero attached hydrogens (tertiary/aromatic N) is 3. The second-order valence-electron chi connectivity index (χ2n) is 10.5. The molecule has 3 amide bonds. The Hall–Kier alpha value is -4.54. The van der Waals surface area contributed by atoms with Gasteiger partial charge in [0.2, 0.25) is 5.91 Å². The summed E-state index contributed by atoms with van der Waals surface area (Å²) in [5.41, 5.74) is 3.67. The third-order valence-corrected chi connectivity index (χ3v) is 7.81. The van der Waals surface area contributed by atoms with Crippen LogP contribution >= 0.6 is 0 Å². The van der Waals surface area contributed by atoms with Crippen molar-refractivity contribution in [2.75, 3.05) is 13.6 Å². The average molecular weight is 564 g/mol. The van der Waals surface area contributed by atoms with Crippen LogP contribution < -0.4 is 10.9 Å². The lowest BCUT2D eigenvalue weighted by atomic mass is 9.99. The first-order chi connectivity index (χ1) is 19.5. The van der Waals surface area contributed by atoms with Gasteiger partial charge < -0.3 is 20.2 Å². The fourth-order valence-corrected chi connectivity index (χ4v) is 5.43. The molecule has 0 saturated carbocycles. The van der Waals surface area contributed by atoms with Gasteiger partial charge in [-0.05, 0) is 80.6 Å². The van der Waals surface area contributed by atoms with Crippen LogP contribution in [0.3, 0.4) is 0 Å². The van der Waals surface area contributed by atoms with E-state index in [9.17, 15) is 28.7 Å². The maximum atomic E-state index is 14.0. The Kier molecular flexibility index (Phi) is 8.85. The number of halogens is 1. The summed E-state index contributed by atoms with van der Waals surface area (Å²) in [7, 11) is 1.45. The SMILES string of the molecule is Cc1cc(Cc2ccc(C(=O)NCC(=O)N3[C@@H](C(C)N(C)C(=O)O)CC[C@H]3c3cccc(F)c3)cc2C)c(=O)[nH]n1. The number of aromatic nitrogens is 2. The zero-order chi connectivity index (χ0) is 29.8. The summed E-state index contributed by atoms with van der Waals surface area (Å²) in [6, 6.07) is 11.5. The Balaban J connectivity index is 1.49. The minimum atomic E-state index is -1.12. The zero-order valence-electron chi connectivity index (χ0n) is 23.5. The Labute approximate surface area is 237 Å². The Bertz CT molecular complexity index is 1520. The summed E-state index contributed by atoms with van der Waals surface area (Å²) in [4.78, 5) is 53.0. The number of H-pyrrole nitrogens is 1. The first-order valence-electron chi connectivity index (χ1n) is 13.4. The summed E-state index contributed by atoms with van der Waals surface area (Å²) in [6.45, 7) is 5.06. The number of hydrogen-bond acceptors (Lipinski definition) is 5. The second-order valence-corrected chi connectivity index (χ2v) is 10.5. The maximum absolute atomic E-state index is 14.0. The highest BCUT2D eigenvalue weighted by Crippen LogP contribution is 2.38. The molecule has 0 aliphatic carbocycles. The quantitative estimate of drug-likeness (QED) is 0.383. The summed E-state index contributed by atoms with van der Waals surface area (Å²) in [5, 5.41) is 18.6. The number of hydrogen-bond donors (Lipinski definition) is 3. The molecule has 1 aromatic heterocycles. The summed E-state index contributed by atoms with van der Waals surface area (Å²) < 4.78 is 14.0. The van der Waals surface area contributed by atoms with E-state index in [1.807, 2.05) is 6.92 Å². The van der Waals surface area contributed by atoms with Gasteiger partial charge >= 0.3 is 6.09 Å². The smallest absolute Gasteiger partial charge is 0.407 e. The van der Waals surface area contributed by atoms with Gasteiger partial charge in [0.05, 0.1) is 30.4 Å². The molecule has 2 aromatic carbocycles. The summed E-state index contributed by atoms with van der Waals surface area (Å²) in [5.74, 6) is -1.26. The molecule has 0 spiro atoms. The van der Waals surface area contributed by atoms with Crippen LogP contribution in [0.25, 0.3) is 0 Å². The third kappa shape index (κ3) is 6.62. The monoisotopic (exact) mass is 563 g/mol. The van der Waals surface area contributed by atoms with Crippen LogP contribution in [0.1, 0.15) is 64.1 Å². The van der Waals surface area contributed by atoms with Crippen molar-refractivity contribution in [1.29, 1.82) is 0 Å². The molecule has 3 aromatic rings. The molecular formula is C30H34FN5O5. The van der Waals surface area contributed by atoms with Gasteiger partial charge in [0.15, 0.2) is 0 Å². The van der Waals surface area contributed by atoms with E-state index >= 15 is 0 Å². The lowest BCUT2D eigenvalue weighted by Gasteiger charge is -2.37. The molecule has 4 rings (SSSR count). The number of rotatable bonds is 8. The molecule has 41 heavy (non-hydrogen) atoms. The predicted molar refractivity (Wildman–Crippen MR) is 150 cm³/mol. The highest BCUT2D eigenvalue weighted by atomic mass is 19.1. The van der Waals surface area contributed by atoms with Crippen molar-refractivity contribution in [1.82, 2.24) is 25.3 Å². The highest BCUT2D eigenvalue weighted by molar-refractivity contribution is 5.96. The van der Waals surface area contributed by atoms with E-state index in [2.05, 4.69) is 15.5 Å². The minimum absolute atomic E-state index is 0.268. The molecule has 1 aliphatic heterocycles. The third-order valence-electron chi connectivity index (χ3n) is 7.81. The molecule has 11 heteroatoms. The van der Waals surface area contributed by atoms with Crippen LogP contribution in [-0.4, -0.2) is 68.7 Å². The van der Waals surface area contributed by atoms with E-state index in [0.717, 1.165) is 16.0 Å². The number of carboxylic acid groups (broad SMARTS) is 1. The van der Waals surface area contributed by atoms with Crippen molar-refractivity contribution >= 4 is 17.9 Å². The number of aryl methyl sites for hydroxylation is 2. The van der Waals surface area contributed by atoms with Crippen molar-refractivity contribution in [3.05, 3.63) is 98.2 Å². The van der Waals surface area contributed by atoms with Crippen molar-refractivity contribution < 1.29 is 23.9 Å². The Morgan fingerprint density at radius 1 is 1.15 bits per heavy atom. The number of amides is 3. The molecular weight excluding hydrogens is 529 g/mol. The highest BCUT2D eigenvalue weighted by Gasteiger charge is 2.42. The molecule has 10 nitrogen and oxygen atoms in total. The van der Waals surface area contributed by atoms with Crippen LogP contribution in [-0.2, 0) is 11.2 Å². The predicted octanol–water partition coefficient (Wildman–Crippen LogP) is 3.58. The summed E-state index contributed by atoms with van der Waals surface area (Å²) in [6.07, 6.45) is 0.327. The van der Waals surface area contributed by atoms with Crippen LogP contribution in [0.4, 0.5) is 9.18 Å². The number of likely N-dealkylation sites (N-methyl/N-ethyl adjacent to an activating group) is 1. The summed E-state index contributed by atoms with van der Waals surface area (Å²) >= 11 is 0. The standard InChI is InChI=1S/C30H34FN5O5/c1-17-12-22(9-8-20(17)14-23-13-18(2)33-34-29(23)39)28(38)32-16-27(37)36-25(19(3)35(4)30(40)41)10-11-26(36)21-6-5-7-24(31)15-21/h5-9,12-13,15,19,25-26H,10-11,14,16H2,1-4H3,(H,32,38)(H,34,39)(H,40,41)/t19?,25-,26+/m1/s1. The van der Waals surface area contributed by atoms with E-state index in [1.54, 1.807) is 55.1 Å². The normalized spacial score (nSPS) is 17.2. The van der Waals surface area contributed by atoms with Crippen LogP contribution in [0.15, 0.2) is 53.3 Å². The number of likely N-dealkylation sites (tertiary alicyclic amines) is 1. The van der Waals surface area contributed by atoms with Crippen LogP contribution in [0, 0.1) is 19.7 Å². The lowest BCUT2D eigenvalue weighted by Crippen LogP contribution is -2.52. The van der Waals surface area contributed by atoms with Gasteiger partial charge in [-0.2, -0.15) is 5.10 Å². The minimum Gasteiger partial charge on any atom is -0.465 e. The van der Waals surface area contributed by atoms with E-state index in [1.165, 1.54) is 19.2 Å². The zero-order valence-corrected chi connectivity index (χ0v) is 23.5. The van der Waals surface area contributed by atoms with Crippen LogP contribution in [0.5, 0.6) is 0 Å². The van der Waals surface area contributed by atoms with E-state index in [-0.39, 0.29) is 18.0 Å². The second kappa shape index (κ2) is 12.3. The largest absolute Gasteiger partial charge is 0.465 e. The molecule has 0 radical (unpaired) electrons. The van der Waals surface area contributed by atoms with Gasteiger partial charge in [-0.15, -0.1) is 0 Å². The van der Waals surface area contributed by atoms with Crippen molar-refractivity contribution in [2.45, 2.75) is 58.2 Å². The van der Waals surface area contributed by atoms with Gasteiger partial charge in [-0.1, -0.05) is 18.2 Å². The molecule has 1 fully saturated rings. The molecule has 0 bridgehead atoms. The average Bonchev–Trinajstić information content (AvgIpc) is 3.39. The van der Waals surface area contributed by atoms with Gasteiger partial charge in [-0.3, -0.25) is 14.4 Å². The fraction of sp³-hybridized carbons (Fsp3) is 0.367. The lowest BCUT2D eigenvalue weighted by molar-refractivity contribution is -0.134. The number of nitrogens with one attached hydrogen (secondary N) is 2. The molecule has 3 atom stereocenters. The fourth-order valence-electron chi connectivity index (χ4n) is 5.43. The van der Waals surface area contributed by atoms with Crippen molar-refractivity contribution in [2.24, 2.45) is 0 Å². The first-order valence-corrected chi connectivity index (χ1v) is 13.4. The number of carbonyl (C=O) groups is 3. The first kappa shape index (κ1) is 29.4. The molecule has 3 N–H and O–H groups in total. The van der Waals surface area contributed by atoms with Gasteiger partial charge in [0.25, 0.3) is 11.5 Å². The maximum Gasteiger partial charge on any atom is 0.407 e. The van der Waals surface area contributed by atoms with E-state index in [0.29, 0.717) is 41.6 Å². The van der Waals surface area contributed by atoms with Crippen LogP contribution in [0.2, 0.25) is 0 Å². The van der Waals surface area contributed by atoms with Crippen molar-refractivity contribution in [3.63, 3.8) is 0 Å². The number of carbonyl (C=O) groups excluding carboxylic acids is 2. The Morgan fingerprint density at radius 3 is 2.59 bits per heavy atom. The molecule has 1 unspecified atom stereocenters. The van der Waals surface area contributed by atoms with E-state index < -0.39 is 35.9 Å². The molecule has 2 heterocycles. The van der Waals surface area contributed by atoms with Gasteiger partial charge in [0, 0.05) is 24.6 Å². The van der Waals surface area contributed by atoms with E-state index in [4.69, 9.17) is 0 Å². The van der Waals surface area contributed by atoms with Gasteiger partial charge in [0.1, 0.15) is 5.82 Å². The van der Waals surface area contributed by atoms with Crippen molar-refractivity contribution in [3.8, 4) is 0 Å². The Morgan fingerprint density at radius 2 is 1.90 bits per heavy atom. The molecule has 216 valence electrons. The molecule has 1 saturated heterocycles. The topological polar surface area (TPSA) is 136 Å².